The Morgan fingerprint density at radius 3 is 2.35 bits per heavy atom. The van der Waals surface area contributed by atoms with E-state index in [1.165, 1.54) is 0 Å². The summed E-state index contributed by atoms with van der Waals surface area (Å²) in [5, 5.41) is 8.98. The Morgan fingerprint density at radius 1 is 1.25 bits per heavy atom. The van der Waals surface area contributed by atoms with Crippen molar-refractivity contribution in [3.63, 3.8) is 0 Å². The molecule has 0 aromatic heterocycles. The van der Waals surface area contributed by atoms with Crippen LogP contribution in [0, 0.1) is 0 Å². The van der Waals surface area contributed by atoms with Crippen molar-refractivity contribution in [3.8, 4) is 0 Å². The van der Waals surface area contributed by atoms with Crippen molar-refractivity contribution in [1.29, 1.82) is 0 Å². The lowest BCUT2D eigenvalue weighted by molar-refractivity contribution is -0.154. The zero-order valence-corrected chi connectivity index (χ0v) is 12.5. The molecule has 6 nitrogen and oxygen atoms in total. The van der Waals surface area contributed by atoms with Crippen LogP contribution in [0.3, 0.4) is 0 Å². The van der Waals surface area contributed by atoms with Crippen LogP contribution in [0.25, 0.3) is 0 Å². The van der Waals surface area contributed by atoms with Gasteiger partial charge in [0, 0.05) is 19.6 Å². The Balaban J connectivity index is 2.59. The molecular formula is C14H26N2O4. The Labute approximate surface area is 120 Å². The lowest BCUT2D eigenvalue weighted by atomic mass is 10.2. The van der Waals surface area contributed by atoms with Gasteiger partial charge in [0.05, 0.1) is 13.2 Å². The van der Waals surface area contributed by atoms with Gasteiger partial charge in [0.25, 0.3) is 0 Å². The summed E-state index contributed by atoms with van der Waals surface area (Å²) in [6.07, 6.45) is 3.13. The number of carbonyl (C=O) groups excluding carboxylic acids is 1. The normalized spacial score (nSPS) is 18.9. The Morgan fingerprint density at radius 2 is 1.85 bits per heavy atom. The number of urea groups is 1. The second kappa shape index (κ2) is 8.79. The van der Waals surface area contributed by atoms with Crippen LogP contribution in [-0.2, 0) is 9.53 Å². The first-order chi connectivity index (χ1) is 9.60. The summed E-state index contributed by atoms with van der Waals surface area (Å²) in [6.45, 7) is 6.57. The fraction of sp³-hybridized carbons (Fsp3) is 0.857. The second-order valence-electron chi connectivity index (χ2n) is 5.12. The van der Waals surface area contributed by atoms with E-state index in [0.29, 0.717) is 6.54 Å². The highest BCUT2D eigenvalue weighted by atomic mass is 16.5. The third kappa shape index (κ3) is 5.00. The van der Waals surface area contributed by atoms with E-state index in [1.54, 1.807) is 4.90 Å². The third-order valence-electron chi connectivity index (χ3n) is 3.45. The number of rotatable bonds is 7. The van der Waals surface area contributed by atoms with Crippen molar-refractivity contribution in [2.45, 2.75) is 45.6 Å². The number of carboxylic acids is 1. The number of morpholine rings is 1. The minimum Gasteiger partial charge on any atom is -0.479 e. The fourth-order valence-corrected chi connectivity index (χ4v) is 2.17. The molecule has 1 aliphatic rings. The van der Waals surface area contributed by atoms with Crippen LogP contribution in [0.5, 0.6) is 0 Å². The van der Waals surface area contributed by atoms with E-state index in [9.17, 15) is 9.59 Å². The lowest BCUT2D eigenvalue weighted by Gasteiger charge is -2.35. The number of nitrogens with zero attached hydrogens (tertiary/aromatic N) is 2. The van der Waals surface area contributed by atoms with Crippen molar-refractivity contribution >= 4 is 12.0 Å². The van der Waals surface area contributed by atoms with Crippen molar-refractivity contribution in [3.05, 3.63) is 0 Å². The van der Waals surface area contributed by atoms with E-state index < -0.39 is 12.1 Å². The van der Waals surface area contributed by atoms with Crippen molar-refractivity contribution in [2.75, 3.05) is 32.8 Å². The molecule has 2 amide bonds. The summed E-state index contributed by atoms with van der Waals surface area (Å²) >= 11 is 0. The molecule has 116 valence electrons. The second-order valence-corrected chi connectivity index (χ2v) is 5.12. The van der Waals surface area contributed by atoms with Gasteiger partial charge >= 0.3 is 12.0 Å². The monoisotopic (exact) mass is 286 g/mol. The van der Waals surface area contributed by atoms with Crippen LogP contribution in [-0.4, -0.2) is 65.8 Å². The molecule has 1 rings (SSSR count). The van der Waals surface area contributed by atoms with Gasteiger partial charge in [0.1, 0.15) is 0 Å². The largest absolute Gasteiger partial charge is 0.479 e. The van der Waals surface area contributed by atoms with E-state index in [-0.39, 0.29) is 19.2 Å². The molecular weight excluding hydrogens is 260 g/mol. The highest BCUT2D eigenvalue weighted by Gasteiger charge is 2.30. The summed E-state index contributed by atoms with van der Waals surface area (Å²) in [7, 11) is 0. The minimum absolute atomic E-state index is 0.0542. The van der Waals surface area contributed by atoms with Crippen molar-refractivity contribution < 1.29 is 19.4 Å². The van der Waals surface area contributed by atoms with Gasteiger partial charge < -0.3 is 19.6 Å². The minimum atomic E-state index is -1.00. The average molecular weight is 286 g/mol. The molecule has 6 heteroatoms. The topological polar surface area (TPSA) is 70.1 Å². The van der Waals surface area contributed by atoms with Crippen molar-refractivity contribution in [2.24, 2.45) is 0 Å². The van der Waals surface area contributed by atoms with Crippen LogP contribution >= 0.6 is 0 Å². The average Bonchev–Trinajstić information content (AvgIpc) is 2.47. The van der Waals surface area contributed by atoms with Gasteiger partial charge in [-0.15, -0.1) is 0 Å². The maximum Gasteiger partial charge on any atom is 0.334 e. The molecule has 1 heterocycles. The molecule has 1 N–H and O–H groups in total. The van der Waals surface area contributed by atoms with E-state index >= 15 is 0 Å². The Hall–Kier alpha value is -1.30. The number of ether oxygens (including phenoxy) is 1. The zero-order chi connectivity index (χ0) is 15.0. The molecule has 0 spiro atoms. The standard InChI is InChI=1S/C14H26N2O4/c1-3-5-7-15(8-6-4-2)14(19)16-9-10-20-12(11-16)13(17)18/h12H,3-11H2,1-2H3,(H,17,18). The molecule has 0 aromatic rings. The SMILES string of the molecule is CCCCN(CCCC)C(=O)N1CCOC(C(=O)O)C1. The van der Waals surface area contributed by atoms with Gasteiger partial charge in [-0.05, 0) is 12.8 Å². The molecule has 0 aliphatic carbocycles. The molecule has 0 saturated carbocycles. The number of carbonyl (C=O) groups is 2. The Kier molecular flexibility index (Phi) is 7.36. The van der Waals surface area contributed by atoms with Gasteiger partial charge in [-0.2, -0.15) is 0 Å². The van der Waals surface area contributed by atoms with E-state index in [4.69, 9.17) is 9.84 Å². The summed E-state index contributed by atoms with van der Waals surface area (Å²) in [4.78, 5) is 26.9. The van der Waals surface area contributed by atoms with Crippen LogP contribution in [0.1, 0.15) is 39.5 Å². The molecule has 1 fully saturated rings. The molecule has 0 bridgehead atoms. The van der Waals surface area contributed by atoms with Crippen LogP contribution in [0.4, 0.5) is 4.79 Å². The smallest absolute Gasteiger partial charge is 0.334 e. The van der Waals surface area contributed by atoms with Gasteiger partial charge in [-0.1, -0.05) is 26.7 Å². The fourth-order valence-electron chi connectivity index (χ4n) is 2.17. The Bertz CT molecular complexity index is 314. The van der Waals surface area contributed by atoms with Crippen LogP contribution in [0.2, 0.25) is 0 Å². The first kappa shape index (κ1) is 16.8. The van der Waals surface area contributed by atoms with Gasteiger partial charge in [0.2, 0.25) is 0 Å². The summed E-state index contributed by atoms with van der Waals surface area (Å²) in [5.41, 5.74) is 0. The van der Waals surface area contributed by atoms with Crippen LogP contribution in [0.15, 0.2) is 0 Å². The summed E-state index contributed by atoms with van der Waals surface area (Å²) < 4.78 is 5.15. The maximum absolute atomic E-state index is 12.5. The van der Waals surface area contributed by atoms with E-state index in [0.717, 1.165) is 38.8 Å². The number of hydrogen-bond donors (Lipinski definition) is 1. The van der Waals surface area contributed by atoms with Gasteiger partial charge in [0.15, 0.2) is 6.10 Å². The van der Waals surface area contributed by atoms with E-state index in [1.807, 2.05) is 4.90 Å². The number of amides is 2. The lowest BCUT2D eigenvalue weighted by Crippen LogP contribution is -2.53. The molecule has 0 radical (unpaired) electrons. The highest BCUT2D eigenvalue weighted by Crippen LogP contribution is 2.10. The first-order valence-corrected chi connectivity index (χ1v) is 7.48. The quantitative estimate of drug-likeness (QED) is 0.774. The molecule has 1 atom stereocenters. The zero-order valence-electron chi connectivity index (χ0n) is 12.5. The van der Waals surface area contributed by atoms with Gasteiger partial charge in [-0.3, -0.25) is 0 Å². The number of unbranched alkanes of at least 4 members (excludes halogenated alkanes) is 2. The van der Waals surface area contributed by atoms with Crippen LogP contribution < -0.4 is 0 Å². The summed E-state index contributed by atoms with van der Waals surface area (Å²) in [6, 6.07) is -0.0542. The van der Waals surface area contributed by atoms with Gasteiger partial charge in [-0.25, -0.2) is 9.59 Å². The number of aliphatic carboxylic acids is 1. The summed E-state index contributed by atoms with van der Waals surface area (Å²) in [5.74, 6) is -1.00. The predicted molar refractivity (Wildman–Crippen MR) is 75.7 cm³/mol. The highest BCUT2D eigenvalue weighted by molar-refractivity contribution is 5.77. The molecule has 20 heavy (non-hydrogen) atoms. The first-order valence-electron chi connectivity index (χ1n) is 7.48. The maximum atomic E-state index is 12.5. The number of hydrogen-bond acceptors (Lipinski definition) is 3. The van der Waals surface area contributed by atoms with Crippen molar-refractivity contribution in [1.82, 2.24) is 9.80 Å². The predicted octanol–water partition coefficient (Wildman–Crippen LogP) is 1.79. The molecule has 1 aliphatic heterocycles. The molecule has 1 unspecified atom stereocenters. The molecule has 0 aromatic carbocycles. The molecule has 1 saturated heterocycles. The van der Waals surface area contributed by atoms with E-state index in [2.05, 4.69) is 13.8 Å². The number of carboxylic acid groups (broad SMARTS) is 1. The third-order valence-corrected chi connectivity index (χ3v) is 3.45.